The molecule has 4 heterocycles. The molecule has 6 nitrogen and oxygen atoms in total. The average molecular weight is 352 g/mol. The molecule has 1 saturated heterocycles. The molecule has 6 heteroatoms. The Morgan fingerprint density at radius 1 is 1.15 bits per heavy atom. The zero-order valence-electron chi connectivity index (χ0n) is 15.7. The summed E-state index contributed by atoms with van der Waals surface area (Å²) in [5.41, 5.74) is 2.02. The van der Waals surface area contributed by atoms with E-state index in [-0.39, 0.29) is 0 Å². The van der Waals surface area contributed by atoms with Crippen molar-refractivity contribution in [2.75, 3.05) is 13.1 Å². The van der Waals surface area contributed by atoms with Crippen molar-refractivity contribution < 1.29 is 0 Å². The molecule has 0 aliphatic carbocycles. The zero-order chi connectivity index (χ0) is 17.9. The van der Waals surface area contributed by atoms with Gasteiger partial charge < -0.3 is 9.13 Å². The summed E-state index contributed by atoms with van der Waals surface area (Å²) < 4.78 is 4.45. The Morgan fingerprint density at radius 2 is 2.00 bits per heavy atom. The van der Waals surface area contributed by atoms with E-state index < -0.39 is 0 Å². The Bertz CT molecular complexity index is 788. The lowest BCUT2D eigenvalue weighted by Gasteiger charge is -2.31. The van der Waals surface area contributed by atoms with Gasteiger partial charge in [-0.05, 0) is 57.3 Å². The van der Waals surface area contributed by atoms with Crippen molar-refractivity contribution in [3.05, 3.63) is 35.2 Å². The number of aromatic nitrogens is 4. The van der Waals surface area contributed by atoms with Crippen molar-refractivity contribution >= 4 is 0 Å². The Kier molecular flexibility index (Phi) is 5.07. The van der Waals surface area contributed by atoms with Gasteiger partial charge in [0, 0.05) is 38.2 Å². The third-order valence-corrected chi connectivity index (χ3v) is 5.91. The number of hydrogen-bond donors (Lipinski definition) is 0. The van der Waals surface area contributed by atoms with Gasteiger partial charge in [0.2, 0.25) is 0 Å². The van der Waals surface area contributed by atoms with Gasteiger partial charge in [-0.25, -0.2) is 0 Å². The number of aryl methyl sites for hydroxylation is 2. The highest BCUT2D eigenvalue weighted by molar-refractivity contribution is 5.28. The quantitative estimate of drug-likeness (QED) is 0.848. The SMILES string of the molecule is CCn1cc(CN2CCC(c3nnc4n3CCCCC4)CC2)cc1C#N. The van der Waals surface area contributed by atoms with Crippen LogP contribution < -0.4 is 0 Å². The van der Waals surface area contributed by atoms with Crippen molar-refractivity contribution in [1.29, 1.82) is 5.26 Å². The Balaban J connectivity index is 1.38. The second kappa shape index (κ2) is 7.63. The molecule has 2 aliphatic heterocycles. The number of nitrogens with zero attached hydrogens (tertiary/aromatic N) is 6. The predicted octanol–water partition coefficient (Wildman–Crippen LogP) is 3.08. The molecule has 1 fully saturated rings. The number of hydrogen-bond acceptors (Lipinski definition) is 4. The highest BCUT2D eigenvalue weighted by Gasteiger charge is 2.26. The minimum absolute atomic E-state index is 0.542. The minimum Gasteiger partial charge on any atom is -0.339 e. The molecule has 0 N–H and O–H groups in total. The first kappa shape index (κ1) is 17.3. The van der Waals surface area contributed by atoms with Crippen LogP contribution in [0, 0.1) is 11.3 Å². The third kappa shape index (κ3) is 3.41. The van der Waals surface area contributed by atoms with Crippen LogP contribution in [0.5, 0.6) is 0 Å². The summed E-state index contributed by atoms with van der Waals surface area (Å²) in [7, 11) is 0. The largest absolute Gasteiger partial charge is 0.339 e. The van der Waals surface area contributed by atoms with Gasteiger partial charge in [0.25, 0.3) is 0 Å². The summed E-state index contributed by atoms with van der Waals surface area (Å²) >= 11 is 0. The molecule has 0 bridgehead atoms. The standard InChI is InChI=1S/C20H28N6/c1-2-25-15-16(12-18(25)13-21)14-24-10-7-17(8-11-24)20-23-22-19-6-4-3-5-9-26(19)20/h12,15,17H,2-11,14H2,1H3. The van der Waals surface area contributed by atoms with E-state index in [9.17, 15) is 5.26 Å². The van der Waals surface area contributed by atoms with Gasteiger partial charge in [-0.3, -0.25) is 4.90 Å². The van der Waals surface area contributed by atoms with Gasteiger partial charge in [-0.15, -0.1) is 10.2 Å². The molecule has 138 valence electrons. The van der Waals surface area contributed by atoms with E-state index in [0.29, 0.717) is 5.92 Å². The van der Waals surface area contributed by atoms with E-state index >= 15 is 0 Å². The van der Waals surface area contributed by atoms with E-state index in [1.807, 2.05) is 10.6 Å². The summed E-state index contributed by atoms with van der Waals surface area (Å²) in [5.74, 6) is 2.97. The van der Waals surface area contributed by atoms with Crippen LogP contribution in [0.4, 0.5) is 0 Å². The van der Waals surface area contributed by atoms with Crippen LogP contribution in [0.25, 0.3) is 0 Å². The van der Waals surface area contributed by atoms with Gasteiger partial charge in [0.1, 0.15) is 23.4 Å². The van der Waals surface area contributed by atoms with Crippen molar-refractivity contribution in [2.45, 2.75) is 71.0 Å². The first-order valence-electron chi connectivity index (χ1n) is 10.0. The van der Waals surface area contributed by atoms with Crippen LogP contribution in [0.1, 0.15) is 67.9 Å². The maximum Gasteiger partial charge on any atom is 0.136 e. The molecule has 0 unspecified atom stereocenters. The fraction of sp³-hybridized carbons (Fsp3) is 0.650. The fourth-order valence-electron chi connectivity index (χ4n) is 4.43. The van der Waals surface area contributed by atoms with Crippen LogP contribution in [0.3, 0.4) is 0 Å². The number of fused-ring (bicyclic) bond motifs is 1. The van der Waals surface area contributed by atoms with Crippen molar-refractivity contribution in [3.8, 4) is 6.07 Å². The molecular formula is C20H28N6. The van der Waals surface area contributed by atoms with Crippen molar-refractivity contribution in [1.82, 2.24) is 24.2 Å². The lowest BCUT2D eigenvalue weighted by Crippen LogP contribution is -2.33. The molecule has 2 aliphatic rings. The molecule has 2 aromatic rings. The smallest absolute Gasteiger partial charge is 0.136 e. The number of likely N-dealkylation sites (tertiary alicyclic amines) is 1. The lowest BCUT2D eigenvalue weighted by molar-refractivity contribution is 0.200. The third-order valence-electron chi connectivity index (χ3n) is 5.91. The summed E-state index contributed by atoms with van der Waals surface area (Å²) in [6.45, 7) is 7.14. The van der Waals surface area contributed by atoms with Crippen LogP contribution in [-0.2, 0) is 26.1 Å². The zero-order valence-corrected chi connectivity index (χ0v) is 15.7. The second-order valence-electron chi connectivity index (χ2n) is 7.62. The number of piperidine rings is 1. The van der Waals surface area contributed by atoms with Crippen LogP contribution in [0.15, 0.2) is 12.3 Å². The molecular weight excluding hydrogens is 324 g/mol. The molecule has 0 radical (unpaired) electrons. The van der Waals surface area contributed by atoms with Gasteiger partial charge >= 0.3 is 0 Å². The Hall–Kier alpha value is -2.13. The second-order valence-corrected chi connectivity index (χ2v) is 7.62. The maximum atomic E-state index is 9.23. The lowest BCUT2D eigenvalue weighted by atomic mass is 9.95. The molecule has 4 rings (SSSR count). The Morgan fingerprint density at radius 3 is 2.73 bits per heavy atom. The Labute approximate surface area is 155 Å². The van der Waals surface area contributed by atoms with E-state index in [0.717, 1.165) is 57.7 Å². The van der Waals surface area contributed by atoms with Gasteiger partial charge in [0.15, 0.2) is 0 Å². The van der Waals surface area contributed by atoms with E-state index in [4.69, 9.17) is 0 Å². The number of rotatable bonds is 4. The van der Waals surface area contributed by atoms with Gasteiger partial charge in [-0.2, -0.15) is 5.26 Å². The molecule has 0 aromatic carbocycles. The average Bonchev–Trinajstić information content (AvgIpc) is 3.18. The highest BCUT2D eigenvalue weighted by atomic mass is 15.3. The fourth-order valence-corrected chi connectivity index (χ4v) is 4.43. The first-order chi connectivity index (χ1) is 12.8. The normalized spacial score (nSPS) is 19.1. The summed E-state index contributed by atoms with van der Waals surface area (Å²) in [6.07, 6.45) is 9.33. The highest BCUT2D eigenvalue weighted by Crippen LogP contribution is 2.29. The molecule has 0 saturated carbocycles. The van der Waals surface area contributed by atoms with E-state index in [2.05, 4.69) is 38.9 Å². The molecule has 2 aromatic heterocycles. The van der Waals surface area contributed by atoms with Gasteiger partial charge in [-0.1, -0.05) is 6.42 Å². The summed E-state index contributed by atoms with van der Waals surface area (Å²) in [6, 6.07) is 4.33. The minimum atomic E-state index is 0.542. The monoisotopic (exact) mass is 352 g/mol. The van der Waals surface area contributed by atoms with Crippen LogP contribution >= 0.6 is 0 Å². The van der Waals surface area contributed by atoms with E-state index in [1.165, 1.54) is 36.5 Å². The van der Waals surface area contributed by atoms with Crippen LogP contribution in [-0.4, -0.2) is 37.3 Å². The van der Waals surface area contributed by atoms with Crippen LogP contribution in [0.2, 0.25) is 0 Å². The van der Waals surface area contributed by atoms with E-state index in [1.54, 1.807) is 0 Å². The molecule has 26 heavy (non-hydrogen) atoms. The maximum absolute atomic E-state index is 9.23. The summed E-state index contributed by atoms with van der Waals surface area (Å²) in [4.78, 5) is 2.51. The topological polar surface area (TPSA) is 62.7 Å². The number of nitriles is 1. The first-order valence-corrected chi connectivity index (χ1v) is 10.0. The van der Waals surface area contributed by atoms with Crippen molar-refractivity contribution in [3.63, 3.8) is 0 Å². The summed E-state index contributed by atoms with van der Waals surface area (Å²) in [5, 5.41) is 18.3. The molecule has 0 spiro atoms. The predicted molar refractivity (Wildman–Crippen MR) is 99.7 cm³/mol. The van der Waals surface area contributed by atoms with Crippen molar-refractivity contribution in [2.24, 2.45) is 0 Å². The molecule has 0 amide bonds. The molecule has 0 atom stereocenters. The van der Waals surface area contributed by atoms with Gasteiger partial charge in [0.05, 0.1) is 0 Å².